The lowest BCUT2D eigenvalue weighted by Crippen LogP contribution is -2.34. The fraction of sp³-hybridized carbons (Fsp3) is 0.200. The molecule has 0 amide bonds. The van der Waals surface area contributed by atoms with E-state index in [1.165, 1.54) is 30.0 Å². The predicted octanol–water partition coefficient (Wildman–Crippen LogP) is 11.2. The second-order valence-electron chi connectivity index (χ2n) is 18.7. The van der Waals surface area contributed by atoms with Crippen LogP contribution in [-0.2, 0) is 0 Å². The number of nitrogens with zero attached hydrogens (tertiary/aromatic N) is 13. The Bertz CT molecular complexity index is 3720. The highest BCUT2D eigenvalue weighted by Crippen LogP contribution is 2.42. The van der Waals surface area contributed by atoms with E-state index in [9.17, 15) is 15.7 Å². The Hall–Kier alpha value is -9.10. The van der Waals surface area contributed by atoms with Crippen molar-refractivity contribution < 1.29 is 9.46 Å². The maximum atomic E-state index is 14.0. The molecule has 11 rings (SSSR count). The molecule has 5 heterocycles. The number of rotatable bonds is 15. The first-order valence-corrected chi connectivity index (χ1v) is 25.1. The van der Waals surface area contributed by atoms with E-state index >= 15 is 0 Å². The highest BCUT2D eigenvalue weighted by Gasteiger charge is 2.34. The highest BCUT2D eigenvalue weighted by atomic mass is 35.5. The Morgan fingerprint density at radius 3 is 1.93 bits per heavy atom. The van der Waals surface area contributed by atoms with E-state index in [1.54, 1.807) is 61.1 Å². The Morgan fingerprint density at radius 2 is 1.33 bits per heavy atom. The molecule has 2 fully saturated rings. The number of nitriles is 1. The van der Waals surface area contributed by atoms with Gasteiger partial charge in [0.05, 0.1) is 57.3 Å². The molecule has 0 radical (unpaired) electrons. The van der Waals surface area contributed by atoms with E-state index in [2.05, 4.69) is 57.8 Å². The van der Waals surface area contributed by atoms with Gasteiger partial charge in [-0.25, -0.2) is 9.97 Å². The summed E-state index contributed by atoms with van der Waals surface area (Å²) < 4.78 is 3.33. The summed E-state index contributed by atoms with van der Waals surface area (Å²) >= 11 is 12.9. The Labute approximate surface area is 439 Å². The van der Waals surface area contributed by atoms with Gasteiger partial charge in [-0.1, -0.05) is 78.1 Å². The van der Waals surface area contributed by atoms with Crippen molar-refractivity contribution in [1.82, 2.24) is 40.1 Å². The van der Waals surface area contributed by atoms with Crippen LogP contribution in [-0.4, -0.2) is 46.1 Å². The van der Waals surface area contributed by atoms with Crippen LogP contribution in [0.1, 0.15) is 90.9 Å². The number of imidazole rings is 2. The van der Waals surface area contributed by atoms with Crippen molar-refractivity contribution in [3.8, 4) is 62.6 Å². The molecule has 0 saturated heterocycles. The zero-order valence-corrected chi connectivity index (χ0v) is 41.5. The molecule has 0 spiro atoms. The molecular weight excluding hydrogens is 988 g/mol. The summed E-state index contributed by atoms with van der Waals surface area (Å²) in [4.78, 5) is 25.6. The van der Waals surface area contributed by atoms with E-state index in [0.717, 1.165) is 64.1 Å². The molecule has 0 bridgehead atoms. The van der Waals surface area contributed by atoms with Gasteiger partial charge in [0.2, 0.25) is 11.4 Å². The number of aromatic amines is 2. The van der Waals surface area contributed by atoms with Crippen molar-refractivity contribution in [3.05, 3.63) is 200 Å². The molecular formula is C55H45Cl2N16O2+. The number of H-pyrrole nitrogens is 2. The summed E-state index contributed by atoms with van der Waals surface area (Å²) in [6.07, 6.45) is 15.2. The van der Waals surface area contributed by atoms with Gasteiger partial charge in [-0.2, -0.15) is 24.2 Å². The summed E-state index contributed by atoms with van der Waals surface area (Å²) in [7, 11) is 0. The van der Waals surface area contributed by atoms with Gasteiger partial charge in [-0.05, 0) is 125 Å². The fourth-order valence-electron chi connectivity index (χ4n) is 9.30. The maximum absolute atomic E-state index is 14.0. The lowest BCUT2D eigenvalue weighted by Gasteiger charge is -2.16. The third-order valence-corrected chi connectivity index (χ3v) is 14.1. The highest BCUT2D eigenvalue weighted by molar-refractivity contribution is 6.31. The molecule has 370 valence electrons. The fourth-order valence-corrected chi connectivity index (χ4v) is 9.64. The number of pyridine rings is 2. The molecule has 18 nitrogen and oxygen atoms in total. The van der Waals surface area contributed by atoms with E-state index in [0.29, 0.717) is 89.7 Å². The molecule has 2 aliphatic carbocycles. The normalized spacial score (nSPS) is 14.3. The van der Waals surface area contributed by atoms with Gasteiger partial charge in [-0.3, -0.25) is 5.84 Å². The van der Waals surface area contributed by atoms with Crippen LogP contribution < -0.4 is 15.3 Å². The number of hydrogen-bond acceptors (Lipinski definition) is 10. The lowest BCUT2D eigenvalue weighted by atomic mass is 9.95. The van der Waals surface area contributed by atoms with E-state index in [1.807, 2.05) is 66.7 Å². The molecule has 2 aliphatic rings. The minimum absolute atomic E-state index is 0.0863. The van der Waals surface area contributed by atoms with Crippen LogP contribution in [0, 0.1) is 39.7 Å². The summed E-state index contributed by atoms with van der Waals surface area (Å²) in [6, 6.07) is 37.9. The van der Waals surface area contributed by atoms with Gasteiger partial charge in [0.25, 0.3) is 0 Å². The number of aromatic nitrogens is 10. The van der Waals surface area contributed by atoms with Crippen molar-refractivity contribution in [3.63, 3.8) is 0 Å². The summed E-state index contributed by atoms with van der Waals surface area (Å²) in [5.41, 5.74) is 9.26. The minimum Gasteiger partial charge on any atom is -0.618 e. The number of tetrazole rings is 1. The average molecular weight is 1030 g/mol. The first kappa shape index (κ1) is 48.2. The predicted molar refractivity (Wildman–Crippen MR) is 283 cm³/mol. The van der Waals surface area contributed by atoms with Crippen LogP contribution in [0.15, 0.2) is 156 Å². The second-order valence-corrected chi connectivity index (χ2v) is 19.6. The first-order chi connectivity index (χ1) is 36.7. The minimum atomic E-state index is -0.284. The number of halogens is 2. The topological polar surface area (TPSA) is 246 Å². The van der Waals surface area contributed by atoms with Gasteiger partial charge in [-0.15, -0.1) is 5.10 Å². The zero-order valence-electron chi connectivity index (χ0n) is 40.0. The third-order valence-electron chi connectivity index (χ3n) is 13.6. The van der Waals surface area contributed by atoms with Gasteiger partial charge in [0, 0.05) is 44.1 Å². The van der Waals surface area contributed by atoms with E-state index < -0.39 is 0 Å². The van der Waals surface area contributed by atoms with Crippen LogP contribution >= 0.6 is 23.2 Å². The number of nitrogens with one attached hydrogen (secondary N) is 2. The SMILES string of the molecule is N#Cc1ccc(-c2cnc([C@@H](CC3CC3)c3ccc(-c4cc(Cl)ccc4N=C(N=NN)[N+]#Cc4ccc(-c5cnc([C@H](CCC6CC6)c6ccc(-c7cc(Cl)ccc7-n7cnnn7)c[n+]6[O-])[nH]5)cc4)c[n+]3[O-])[nH]2)cc1. The van der Waals surface area contributed by atoms with Crippen LogP contribution in [0.25, 0.3) is 55.3 Å². The van der Waals surface area contributed by atoms with E-state index in [4.69, 9.17) is 39.0 Å². The van der Waals surface area contributed by atoms with Gasteiger partial charge in [0.1, 0.15) is 29.8 Å². The number of benzene rings is 4. The molecule has 0 unspecified atom stereocenters. The van der Waals surface area contributed by atoms with Crippen LogP contribution in [0.4, 0.5) is 5.69 Å². The zero-order chi connectivity index (χ0) is 51.4. The van der Waals surface area contributed by atoms with Crippen molar-refractivity contribution in [2.75, 3.05) is 0 Å². The Morgan fingerprint density at radius 1 is 0.747 bits per heavy atom. The van der Waals surface area contributed by atoms with Crippen molar-refractivity contribution in [1.29, 1.82) is 5.26 Å². The molecule has 4 N–H and O–H groups in total. The van der Waals surface area contributed by atoms with Crippen LogP contribution in [0.5, 0.6) is 0 Å². The molecule has 20 heteroatoms. The van der Waals surface area contributed by atoms with Crippen LogP contribution in [0.2, 0.25) is 10.0 Å². The monoisotopic (exact) mass is 1030 g/mol. The smallest absolute Gasteiger partial charge is 0.555 e. The second kappa shape index (κ2) is 21.2. The van der Waals surface area contributed by atoms with Crippen molar-refractivity contribution in [2.24, 2.45) is 33.0 Å². The quantitative estimate of drug-likeness (QED) is 0.0168. The number of aliphatic imine (C=N–C) groups is 1. The van der Waals surface area contributed by atoms with Gasteiger partial charge >= 0.3 is 5.96 Å². The molecule has 0 aliphatic heterocycles. The summed E-state index contributed by atoms with van der Waals surface area (Å²) in [5, 5.41) is 57.1. The molecule has 2 atom stereocenters. The van der Waals surface area contributed by atoms with Crippen molar-refractivity contribution in [2.45, 2.75) is 56.8 Å². The Kier molecular flexibility index (Phi) is 13.6. The van der Waals surface area contributed by atoms with Gasteiger partial charge < -0.3 is 20.4 Å². The first-order valence-electron chi connectivity index (χ1n) is 24.3. The number of nitrogens with two attached hydrogens (primary N) is 1. The maximum Gasteiger partial charge on any atom is 0.555 e. The molecule has 2 saturated carbocycles. The van der Waals surface area contributed by atoms with E-state index in [-0.39, 0.29) is 17.8 Å². The van der Waals surface area contributed by atoms with Crippen molar-refractivity contribution >= 4 is 34.8 Å². The largest absolute Gasteiger partial charge is 0.618 e. The summed E-state index contributed by atoms with van der Waals surface area (Å²) in [6.45, 7) is 0. The lowest BCUT2D eigenvalue weighted by molar-refractivity contribution is -0.614. The Balaban J connectivity index is 0.821. The summed E-state index contributed by atoms with van der Waals surface area (Å²) in [5.74, 6) is 7.41. The van der Waals surface area contributed by atoms with Crippen LogP contribution in [0.3, 0.4) is 0 Å². The number of guanidine groups is 1. The number of hydrogen-bond donors (Lipinski definition) is 3. The molecule has 75 heavy (non-hydrogen) atoms. The molecule has 5 aromatic heterocycles. The molecule has 4 aromatic carbocycles. The molecule has 9 aromatic rings. The standard InChI is InChI=1S/C55H44Cl2N16O2/c56-41-16-19-47(44(24-41)39-14-21-52(73(75)30-39)46(23-34-3-4-34)54-61-29-49(65-54)37-10-5-35(26-58)6-11-37)66-55(67-68-59)62-27-36-7-12-38(13-8-36)48-28-60-53(64-48)43(18-9-33-1-2-33)51-20-15-40(31-72(51)74)45-25-42(57)17-22-50(45)71-32-63-69-70-71/h5-8,10-17,19-22,24-25,28-34,43,46H,1-4,9,18,23H2,(H3,59,61,65,66,67)/p+1/t43-,46+/m1/s1. The third kappa shape index (κ3) is 11.0. The van der Waals surface area contributed by atoms with Gasteiger partial charge in [0.15, 0.2) is 24.2 Å². The average Bonchev–Trinajstić information content (AvgIpc) is 4.23.